The molecule has 0 aliphatic heterocycles. The quantitative estimate of drug-likeness (QED) is 0.421. The lowest BCUT2D eigenvalue weighted by molar-refractivity contribution is 0.0773. The van der Waals surface area contributed by atoms with Gasteiger partial charge in [-0.15, -0.1) is 0 Å². The smallest absolute Gasteiger partial charge is 0.253 e. The van der Waals surface area contributed by atoms with Crippen LogP contribution in [0.4, 0.5) is 0 Å². The van der Waals surface area contributed by atoms with E-state index in [1.54, 1.807) is 0 Å². The zero-order chi connectivity index (χ0) is 20.9. The van der Waals surface area contributed by atoms with Crippen molar-refractivity contribution in [3.05, 3.63) is 96.6 Å². The minimum atomic E-state index is 0.0558. The molecule has 1 amide bonds. The molecule has 1 aromatic heterocycles. The third-order valence-corrected chi connectivity index (χ3v) is 5.26. The number of rotatable bonds is 6. The summed E-state index contributed by atoms with van der Waals surface area (Å²) < 4.78 is 1.95. The third kappa shape index (κ3) is 3.90. The Morgan fingerprint density at radius 3 is 1.93 bits per heavy atom. The maximum atomic E-state index is 12.6. The second-order valence-electron chi connectivity index (χ2n) is 7.08. The van der Waals surface area contributed by atoms with Crippen LogP contribution in [0.25, 0.3) is 28.2 Å². The molecule has 4 nitrogen and oxygen atoms in total. The molecular formula is C26H25N3O. The number of nitrogens with zero attached hydrogens (tertiary/aromatic N) is 3. The molecule has 0 radical (unpaired) electrons. The molecule has 0 atom stereocenters. The molecule has 4 heteroatoms. The van der Waals surface area contributed by atoms with Gasteiger partial charge in [0, 0.05) is 29.8 Å². The molecule has 1 heterocycles. The van der Waals surface area contributed by atoms with E-state index < -0.39 is 0 Å². The van der Waals surface area contributed by atoms with Gasteiger partial charge in [0.1, 0.15) is 0 Å². The van der Waals surface area contributed by atoms with Crippen LogP contribution in [0.5, 0.6) is 0 Å². The van der Waals surface area contributed by atoms with Crippen LogP contribution in [0.3, 0.4) is 0 Å². The monoisotopic (exact) mass is 395 g/mol. The summed E-state index contributed by atoms with van der Waals surface area (Å²) in [6, 6.07) is 30.2. The van der Waals surface area contributed by atoms with E-state index in [-0.39, 0.29) is 5.91 Å². The predicted octanol–water partition coefficient (Wildman–Crippen LogP) is 5.69. The number of aromatic nitrogens is 2. The Hall–Kier alpha value is -3.66. The van der Waals surface area contributed by atoms with Crippen molar-refractivity contribution in [3.8, 4) is 28.2 Å². The zero-order valence-electron chi connectivity index (χ0n) is 17.3. The van der Waals surface area contributed by atoms with Gasteiger partial charge in [0.25, 0.3) is 5.91 Å². The lowest BCUT2D eigenvalue weighted by Crippen LogP contribution is -2.30. The molecule has 4 aromatic rings. The first-order chi connectivity index (χ1) is 14.7. The molecular weight excluding hydrogens is 370 g/mol. The van der Waals surface area contributed by atoms with Crippen molar-refractivity contribution >= 4 is 5.91 Å². The standard InChI is InChI=1S/C26H25N3O/c1-3-28(4-2)26(30)22-15-17-23(18-16-22)29-25(21-13-9-6-10-14-21)19-24(27-29)20-11-7-5-8-12-20/h5-19H,3-4H2,1-2H3. The SMILES string of the molecule is CCN(CC)C(=O)c1ccc(-n2nc(-c3ccccc3)cc2-c2ccccc2)cc1. The third-order valence-electron chi connectivity index (χ3n) is 5.26. The maximum absolute atomic E-state index is 12.6. The van der Waals surface area contributed by atoms with E-state index in [2.05, 4.69) is 30.3 Å². The second kappa shape index (κ2) is 8.78. The molecule has 30 heavy (non-hydrogen) atoms. The van der Waals surface area contributed by atoms with Crippen molar-refractivity contribution in [2.45, 2.75) is 13.8 Å². The van der Waals surface area contributed by atoms with Crippen LogP contribution < -0.4 is 0 Å². The fraction of sp³-hybridized carbons (Fsp3) is 0.154. The first-order valence-electron chi connectivity index (χ1n) is 10.3. The van der Waals surface area contributed by atoms with E-state index >= 15 is 0 Å². The average Bonchev–Trinajstić information content (AvgIpc) is 3.27. The van der Waals surface area contributed by atoms with Crippen LogP contribution in [-0.4, -0.2) is 33.7 Å². The molecule has 150 valence electrons. The Morgan fingerprint density at radius 1 is 0.800 bits per heavy atom. The highest BCUT2D eigenvalue weighted by atomic mass is 16.2. The van der Waals surface area contributed by atoms with Crippen molar-refractivity contribution in [2.75, 3.05) is 13.1 Å². The minimum absolute atomic E-state index is 0.0558. The van der Waals surface area contributed by atoms with Gasteiger partial charge in [-0.25, -0.2) is 4.68 Å². The number of hydrogen-bond acceptors (Lipinski definition) is 2. The van der Waals surface area contributed by atoms with Gasteiger partial charge in [-0.1, -0.05) is 60.7 Å². The van der Waals surface area contributed by atoms with Crippen molar-refractivity contribution in [2.24, 2.45) is 0 Å². The highest BCUT2D eigenvalue weighted by Crippen LogP contribution is 2.28. The van der Waals surface area contributed by atoms with E-state index in [9.17, 15) is 4.79 Å². The lowest BCUT2D eigenvalue weighted by atomic mass is 10.1. The minimum Gasteiger partial charge on any atom is -0.339 e. The highest BCUT2D eigenvalue weighted by Gasteiger charge is 2.15. The van der Waals surface area contributed by atoms with E-state index in [1.807, 2.05) is 84.1 Å². The molecule has 4 rings (SSSR count). The van der Waals surface area contributed by atoms with Crippen molar-refractivity contribution in [1.82, 2.24) is 14.7 Å². The van der Waals surface area contributed by atoms with Crippen molar-refractivity contribution in [3.63, 3.8) is 0 Å². The fourth-order valence-corrected chi connectivity index (χ4v) is 3.58. The molecule has 0 saturated heterocycles. The number of benzene rings is 3. The van der Waals surface area contributed by atoms with Gasteiger partial charge in [-0.3, -0.25) is 4.79 Å². The molecule has 0 bridgehead atoms. The molecule has 0 unspecified atom stereocenters. The number of amides is 1. The van der Waals surface area contributed by atoms with Gasteiger partial charge in [0.2, 0.25) is 0 Å². The summed E-state index contributed by atoms with van der Waals surface area (Å²) in [5.74, 6) is 0.0558. The average molecular weight is 396 g/mol. The van der Waals surface area contributed by atoms with E-state index in [4.69, 9.17) is 5.10 Å². The first kappa shape index (κ1) is 19.6. The largest absolute Gasteiger partial charge is 0.339 e. The van der Waals surface area contributed by atoms with E-state index in [0.717, 1.165) is 28.2 Å². The van der Waals surface area contributed by atoms with Crippen LogP contribution in [0.2, 0.25) is 0 Å². The molecule has 0 aliphatic carbocycles. The van der Waals surface area contributed by atoms with Gasteiger partial charge >= 0.3 is 0 Å². The Morgan fingerprint density at radius 2 is 1.37 bits per heavy atom. The second-order valence-corrected chi connectivity index (χ2v) is 7.08. The van der Waals surface area contributed by atoms with E-state index in [1.165, 1.54) is 0 Å². The number of carbonyl (C=O) groups is 1. The predicted molar refractivity (Wildman–Crippen MR) is 122 cm³/mol. The zero-order valence-corrected chi connectivity index (χ0v) is 17.3. The van der Waals surface area contributed by atoms with Gasteiger partial charge in [0.15, 0.2) is 0 Å². The van der Waals surface area contributed by atoms with Crippen molar-refractivity contribution < 1.29 is 4.79 Å². The summed E-state index contributed by atoms with van der Waals surface area (Å²) in [4.78, 5) is 14.5. The molecule has 0 aliphatic rings. The number of hydrogen-bond donors (Lipinski definition) is 0. The molecule has 0 N–H and O–H groups in total. The van der Waals surface area contributed by atoms with Gasteiger partial charge in [0.05, 0.1) is 17.1 Å². The molecule has 3 aromatic carbocycles. The maximum Gasteiger partial charge on any atom is 0.253 e. The summed E-state index contributed by atoms with van der Waals surface area (Å²) in [6.07, 6.45) is 0. The Kier molecular flexibility index (Phi) is 5.75. The van der Waals surface area contributed by atoms with Crippen LogP contribution in [0.15, 0.2) is 91.0 Å². The highest BCUT2D eigenvalue weighted by molar-refractivity contribution is 5.94. The summed E-state index contributed by atoms with van der Waals surface area (Å²) in [6.45, 7) is 5.40. The topological polar surface area (TPSA) is 38.1 Å². The van der Waals surface area contributed by atoms with Crippen LogP contribution in [0, 0.1) is 0 Å². The Labute approximate surface area is 177 Å². The summed E-state index contributed by atoms with van der Waals surface area (Å²) in [5.41, 5.74) is 5.71. The Bertz CT molecular complexity index is 1110. The van der Waals surface area contributed by atoms with Crippen LogP contribution in [0.1, 0.15) is 24.2 Å². The fourth-order valence-electron chi connectivity index (χ4n) is 3.58. The normalized spacial score (nSPS) is 10.7. The Balaban J connectivity index is 1.76. The summed E-state index contributed by atoms with van der Waals surface area (Å²) >= 11 is 0. The van der Waals surface area contributed by atoms with Gasteiger partial charge < -0.3 is 4.90 Å². The molecule has 0 fully saturated rings. The summed E-state index contributed by atoms with van der Waals surface area (Å²) in [7, 11) is 0. The van der Waals surface area contributed by atoms with Crippen LogP contribution in [-0.2, 0) is 0 Å². The van der Waals surface area contributed by atoms with Gasteiger partial charge in [-0.05, 0) is 44.2 Å². The first-order valence-corrected chi connectivity index (χ1v) is 10.3. The summed E-state index contributed by atoms with van der Waals surface area (Å²) in [5, 5.41) is 4.89. The van der Waals surface area contributed by atoms with Crippen LogP contribution >= 0.6 is 0 Å². The molecule has 0 saturated carbocycles. The van der Waals surface area contributed by atoms with E-state index in [0.29, 0.717) is 18.7 Å². The number of carbonyl (C=O) groups excluding carboxylic acids is 1. The van der Waals surface area contributed by atoms with Gasteiger partial charge in [-0.2, -0.15) is 5.10 Å². The molecule has 0 spiro atoms. The van der Waals surface area contributed by atoms with Crippen molar-refractivity contribution in [1.29, 1.82) is 0 Å². The lowest BCUT2D eigenvalue weighted by Gasteiger charge is -2.18.